The summed E-state index contributed by atoms with van der Waals surface area (Å²) in [6.07, 6.45) is 15.0. The lowest BCUT2D eigenvalue weighted by atomic mass is 9.74. The lowest BCUT2D eigenvalue weighted by Crippen LogP contribution is -2.64. The SMILES string of the molecule is c1cc2cc(c1)NNN1NNCCC1CCCCC1CCCCC1CC2. The van der Waals surface area contributed by atoms with Crippen LogP contribution in [0, 0.1) is 11.8 Å². The molecule has 1 aliphatic carbocycles. The number of hydrazine groups is 4. The van der Waals surface area contributed by atoms with Gasteiger partial charge in [-0.3, -0.25) is 0 Å². The van der Waals surface area contributed by atoms with E-state index in [-0.39, 0.29) is 0 Å². The summed E-state index contributed by atoms with van der Waals surface area (Å²) in [5.74, 6) is 1.91. The van der Waals surface area contributed by atoms with E-state index in [0.29, 0.717) is 6.04 Å². The van der Waals surface area contributed by atoms with Gasteiger partial charge in [0.2, 0.25) is 0 Å². The van der Waals surface area contributed by atoms with Crippen LogP contribution >= 0.6 is 0 Å². The molecule has 0 aromatic heterocycles. The molecule has 2 heterocycles. The van der Waals surface area contributed by atoms with Crippen molar-refractivity contribution >= 4 is 5.69 Å². The molecule has 1 aromatic rings. The number of benzene rings is 1. The first kappa shape index (κ1) is 18.2. The van der Waals surface area contributed by atoms with Crippen molar-refractivity contribution in [2.75, 3.05) is 12.0 Å². The molecule has 2 bridgehead atoms. The monoisotopic (exact) mass is 357 g/mol. The molecule has 144 valence electrons. The molecule has 26 heavy (non-hydrogen) atoms. The third kappa shape index (κ3) is 4.77. The van der Waals surface area contributed by atoms with Crippen LogP contribution < -0.4 is 21.9 Å². The Balaban J connectivity index is 1.47. The van der Waals surface area contributed by atoms with Gasteiger partial charge in [-0.1, -0.05) is 57.1 Å². The molecule has 1 aromatic carbocycles. The molecule has 1 saturated heterocycles. The summed E-state index contributed by atoms with van der Waals surface area (Å²) < 4.78 is 0. The number of rotatable bonds is 0. The second-order valence-electron chi connectivity index (χ2n) is 8.42. The Labute approximate surface area is 158 Å². The quantitative estimate of drug-likeness (QED) is 0.567. The summed E-state index contributed by atoms with van der Waals surface area (Å²) in [5.41, 5.74) is 15.9. The highest BCUT2D eigenvalue weighted by Crippen LogP contribution is 2.36. The maximum atomic E-state index is 3.38. The van der Waals surface area contributed by atoms with Crippen molar-refractivity contribution in [2.24, 2.45) is 11.8 Å². The number of hydrogen-bond acceptors (Lipinski definition) is 5. The summed E-state index contributed by atoms with van der Waals surface area (Å²) in [5, 5.41) is 2.11. The van der Waals surface area contributed by atoms with Crippen molar-refractivity contribution in [3.63, 3.8) is 0 Å². The third-order valence-electron chi connectivity index (χ3n) is 6.65. The highest BCUT2D eigenvalue weighted by molar-refractivity contribution is 5.44. The van der Waals surface area contributed by atoms with E-state index in [4.69, 9.17) is 0 Å². The molecule has 3 aliphatic rings. The minimum absolute atomic E-state index is 0.527. The summed E-state index contributed by atoms with van der Waals surface area (Å²) in [4.78, 5) is 0. The minimum atomic E-state index is 0.527. The molecule has 0 radical (unpaired) electrons. The molecule has 3 unspecified atom stereocenters. The zero-order chi connectivity index (χ0) is 17.6. The van der Waals surface area contributed by atoms with E-state index in [1.54, 1.807) is 0 Å². The molecule has 0 spiro atoms. The molecule has 5 heteroatoms. The van der Waals surface area contributed by atoms with Crippen molar-refractivity contribution in [3.8, 4) is 0 Å². The minimum Gasteiger partial charge on any atom is -0.307 e. The van der Waals surface area contributed by atoms with E-state index in [0.717, 1.165) is 24.1 Å². The predicted octanol–water partition coefficient (Wildman–Crippen LogP) is 3.91. The normalized spacial score (nSPS) is 31.6. The van der Waals surface area contributed by atoms with Crippen LogP contribution in [0.15, 0.2) is 24.3 Å². The second kappa shape index (κ2) is 9.18. The Morgan fingerprint density at radius 2 is 1.58 bits per heavy atom. The van der Waals surface area contributed by atoms with Crippen LogP contribution in [0.2, 0.25) is 0 Å². The van der Waals surface area contributed by atoms with Crippen molar-refractivity contribution in [1.29, 1.82) is 0 Å². The number of fused-ring (bicyclic) bond motifs is 4. The van der Waals surface area contributed by atoms with E-state index >= 15 is 0 Å². The van der Waals surface area contributed by atoms with E-state index in [1.807, 2.05) is 0 Å². The van der Waals surface area contributed by atoms with Gasteiger partial charge in [0.15, 0.2) is 0 Å². The average molecular weight is 358 g/mol. The van der Waals surface area contributed by atoms with Crippen LogP contribution in [0.3, 0.4) is 0 Å². The Morgan fingerprint density at radius 3 is 2.42 bits per heavy atom. The summed E-state index contributed by atoms with van der Waals surface area (Å²) >= 11 is 0. The molecule has 2 aliphatic heterocycles. The van der Waals surface area contributed by atoms with Gasteiger partial charge in [0, 0.05) is 12.6 Å². The van der Waals surface area contributed by atoms with Crippen molar-refractivity contribution in [3.05, 3.63) is 29.8 Å². The van der Waals surface area contributed by atoms with Crippen LogP contribution in [0.1, 0.15) is 69.8 Å². The van der Waals surface area contributed by atoms with E-state index < -0.39 is 0 Å². The molecule has 3 atom stereocenters. The lowest BCUT2D eigenvalue weighted by Gasteiger charge is -2.36. The maximum Gasteiger partial charge on any atom is 0.0504 e. The summed E-state index contributed by atoms with van der Waals surface area (Å²) in [7, 11) is 0. The highest BCUT2D eigenvalue weighted by atomic mass is 15.9. The van der Waals surface area contributed by atoms with Crippen molar-refractivity contribution in [1.82, 2.24) is 21.6 Å². The third-order valence-corrected chi connectivity index (χ3v) is 6.65. The van der Waals surface area contributed by atoms with Gasteiger partial charge in [0.1, 0.15) is 0 Å². The van der Waals surface area contributed by atoms with Gasteiger partial charge in [0.25, 0.3) is 0 Å². The Kier molecular flexibility index (Phi) is 6.44. The van der Waals surface area contributed by atoms with Gasteiger partial charge < -0.3 is 5.43 Å². The Hall–Kier alpha value is -1.14. The number of anilines is 1. The average Bonchev–Trinajstić information content (AvgIpc) is 2.69. The fourth-order valence-electron chi connectivity index (χ4n) is 5.11. The first-order valence-corrected chi connectivity index (χ1v) is 10.8. The second-order valence-corrected chi connectivity index (χ2v) is 8.42. The van der Waals surface area contributed by atoms with Gasteiger partial charge in [-0.15, -0.1) is 5.12 Å². The van der Waals surface area contributed by atoms with Crippen LogP contribution in [0.4, 0.5) is 5.69 Å². The van der Waals surface area contributed by atoms with Crippen LogP contribution in [-0.4, -0.2) is 17.7 Å². The van der Waals surface area contributed by atoms with Crippen LogP contribution in [0.5, 0.6) is 0 Å². The van der Waals surface area contributed by atoms with Crippen molar-refractivity contribution < 1.29 is 0 Å². The van der Waals surface area contributed by atoms with E-state index in [1.165, 1.54) is 76.2 Å². The molecule has 1 saturated carbocycles. The molecular weight excluding hydrogens is 322 g/mol. The topological polar surface area (TPSA) is 51.4 Å². The van der Waals surface area contributed by atoms with E-state index in [9.17, 15) is 0 Å². The highest BCUT2D eigenvalue weighted by Gasteiger charge is 2.26. The zero-order valence-electron chi connectivity index (χ0n) is 16.0. The number of aryl methyl sites for hydroxylation is 1. The number of nitrogens with one attached hydrogen (secondary N) is 4. The summed E-state index contributed by atoms with van der Waals surface area (Å²) in [6, 6.07) is 9.43. The maximum absolute atomic E-state index is 3.38. The van der Waals surface area contributed by atoms with Crippen LogP contribution in [0.25, 0.3) is 0 Å². The lowest BCUT2D eigenvalue weighted by molar-refractivity contribution is 0.00650. The Bertz CT molecular complexity index is 518. The fourth-order valence-corrected chi connectivity index (χ4v) is 5.11. The van der Waals surface area contributed by atoms with E-state index in [2.05, 4.69) is 51.3 Å². The fraction of sp³-hybridized carbons (Fsp3) is 0.714. The van der Waals surface area contributed by atoms with Gasteiger partial charge >= 0.3 is 0 Å². The van der Waals surface area contributed by atoms with Gasteiger partial charge in [-0.25, -0.2) is 5.43 Å². The largest absolute Gasteiger partial charge is 0.307 e. The smallest absolute Gasteiger partial charge is 0.0504 e. The first-order chi connectivity index (χ1) is 12.9. The number of hydrogen-bond donors (Lipinski definition) is 4. The number of nitrogens with zero attached hydrogens (tertiary/aromatic N) is 1. The predicted molar refractivity (Wildman–Crippen MR) is 107 cm³/mol. The molecule has 2 fully saturated rings. The standard InChI is InChI=1S/C21H35N5/c1-2-9-19-13-12-17-6-5-10-20(16-17)23-25-26-21(14-15-22-24-26)11-4-3-8-18(19)7-1/h5-6,10,16,18-19,21-25H,1-4,7-9,11-15H2. The zero-order valence-corrected chi connectivity index (χ0v) is 16.0. The van der Waals surface area contributed by atoms with Gasteiger partial charge in [-0.2, -0.15) is 11.1 Å². The Morgan fingerprint density at radius 1 is 0.808 bits per heavy atom. The molecule has 0 amide bonds. The van der Waals surface area contributed by atoms with Gasteiger partial charge in [-0.05, 0) is 55.2 Å². The first-order valence-electron chi connectivity index (χ1n) is 10.8. The molecular formula is C21H35N5. The van der Waals surface area contributed by atoms with Crippen molar-refractivity contribution in [2.45, 2.75) is 76.7 Å². The summed E-state index contributed by atoms with van der Waals surface area (Å²) in [6.45, 7) is 1.03. The van der Waals surface area contributed by atoms with Crippen LogP contribution in [-0.2, 0) is 6.42 Å². The molecule has 4 N–H and O–H groups in total. The molecule has 4 rings (SSSR count). The molecule has 5 nitrogen and oxygen atoms in total. The van der Waals surface area contributed by atoms with Gasteiger partial charge in [0.05, 0.1) is 5.69 Å².